The van der Waals surface area contributed by atoms with E-state index in [4.69, 9.17) is 15.3 Å². The first-order valence-electron chi connectivity index (χ1n) is 5.25. The number of esters is 1. The molecule has 1 N–H and O–H groups in total. The number of hydrogen-bond acceptors (Lipinski definition) is 5. The second-order valence-electron chi connectivity index (χ2n) is 3.22. The normalized spacial score (nSPS) is 10.1. The molecule has 0 fully saturated rings. The second-order valence-corrected chi connectivity index (χ2v) is 3.22. The highest BCUT2D eigenvalue weighted by Gasteiger charge is 2.08. The summed E-state index contributed by atoms with van der Waals surface area (Å²) in [5.74, 6) is -0.666. The van der Waals surface area contributed by atoms with E-state index >= 15 is 0 Å². The highest BCUT2D eigenvalue weighted by Crippen LogP contribution is 2.09. The Balaban J connectivity index is 2.75. The van der Waals surface area contributed by atoms with Crippen molar-refractivity contribution in [2.24, 2.45) is 0 Å². The van der Waals surface area contributed by atoms with E-state index in [1.54, 1.807) is 37.3 Å². The lowest BCUT2D eigenvalue weighted by atomic mass is 10.2. The maximum atomic E-state index is 11.3. The first kappa shape index (κ1) is 13.3. The van der Waals surface area contributed by atoms with Crippen LogP contribution in [0.25, 0.3) is 0 Å². The zero-order valence-electron chi connectivity index (χ0n) is 9.80. The van der Waals surface area contributed by atoms with Gasteiger partial charge in [-0.15, -0.1) is 0 Å². The van der Waals surface area contributed by atoms with Crippen LogP contribution in [-0.2, 0) is 9.53 Å². The van der Waals surface area contributed by atoms with Gasteiger partial charge in [-0.3, -0.25) is 0 Å². The van der Waals surface area contributed by atoms with Gasteiger partial charge in [-0.1, -0.05) is 0 Å². The number of anilines is 1. The first-order chi connectivity index (χ1) is 8.71. The zero-order chi connectivity index (χ0) is 13.4. The molecule has 1 rings (SSSR count). The molecule has 0 aliphatic heterocycles. The Kier molecular flexibility index (Phi) is 4.96. The van der Waals surface area contributed by atoms with Gasteiger partial charge in [0.25, 0.3) is 0 Å². The Morgan fingerprint density at radius 2 is 2.06 bits per heavy atom. The molecule has 0 atom stereocenters. The number of nitriles is 2. The van der Waals surface area contributed by atoms with Gasteiger partial charge in [-0.05, 0) is 31.2 Å². The predicted octanol–water partition coefficient (Wildman–Crippen LogP) is 1.94. The monoisotopic (exact) mass is 241 g/mol. The minimum Gasteiger partial charge on any atom is -0.462 e. The molecule has 0 aliphatic carbocycles. The summed E-state index contributed by atoms with van der Waals surface area (Å²) in [6, 6.07) is 10.4. The minimum atomic E-state index is -0.666. The van der Waals surface area contributed by atoms with Crippen LogP contribution < -0.4 is 5.32 Å². The summed E-state index contributed by atoms with van der Waals surface area (Å²) < 4.78 is 4.71. The lowest BCUT2D eigenvalue weighted by molar-refractivity contribution is -0.138. The molecule has 0 saturated heterocycles. The molecule has 0 saturated carbocycles. The number of rotatable bonds is 4. The quantitative estimate of drug-likeness (QED) is 0.494. The topological polar surface area (TPSA) is 85.9 Å². The second kappa shape index (κ2) is 6.72. The van der Waals surface area contributed by atoms with E-state index in [-0.39, 0.29) is 12.2 Å². The van der Waals surface area contributed by atoms with Gasteiger partial charge in [0.05, 0.1) is 18.2 Å². The van der Waals surface area contributed by atoms with E-state index in [0.29, 0.717) is 11.3 Å². The van der Waals surface area contributed by atoms with E-state index in [0.717, 1.165) is 0 Å². The van der Waals surface area contributed by atoms with Crippen LogP contribution in [-0.4, -0.2) is 12.6 Å². The minimum absolute atomic E-state index is 0.110. The molecule has 0 unspecified atom stereocenters. The van der Waals surface area contributed by atoms with Crippen LogP contribution in [0.4, 0.5) is 5.69 Å². The smallest absolute Gasteiger partial charge is 0.350 e. The van der Waals surface area contributed by atoms with Gasteiger partial charge in [0.1, 0.15) is 6.07 Å². The number of benzene rings is 1. The summed E-state index contributed by atoms with van der Waals surface area (Å²) in [5, 5.41) is 20.2. The molecule has 0 aromatic heterocycles. The summed E-state index contributed by atoms with van der Waals surface area (Å²) in [6.45, 7) is 1.88. The summed E-state index contributed by atoms with van der Waals surface area (Å²) >= 11 is 0. The van der Waals surface area contributed by atoms with Gasteiger partial charge in [0.2, 0.25) is 0 Å². The largest absolute Gasteiger partial charge is 0.462 e. The van der Waals surface area contributed by atoms with Crippen molar-refractivity contribution < 1.29 is 9.53 Å². The van der Waals surface area contributed by atoms with Crippen molar-refractivity contribution in [2.75, 3.05) is 11.9 Å². The van der Waals surface area contributed by atoms with Crippen molar-refractivity contribution in [3.63, 3.8) is 0 Å². The number of nitrogens with one attached hydrogen (secondary N) is 1. The third-order valence-corrected chi connectivity index (χ3v) is 2.01. The van der Waals surface area contributed by atoms with Gasteiger partial charge >= 0.3 is 5.97 Å². The number of ether oxygens (including phenoxy) is 1. The van der Waals surface area contributed by atoms with Crippen LogP contribution in [0.1, 0.15) is 12.5 Å². The fourth-order valence-corrected chi connectivity index (χ4v) is 1.14. The Morgan fingerprint density at radius 1 is 1.39 bits per heavy atom. The Hall–Kier alpha value is -2.79. The van der Waals surface area contributed by atoms with E-state index < -0.39 is 5.97 Å². The molecular formula is C13H11N3O2. The maximum absolute atomic E-state index is 11.3. The number of carbonyl (C=O) groups excluding carboxylic acids is 1. The number of hydrogen-bond donors (Lipinski definition) is 1. The maximum Gasteiger partial charge on any atom is 0.350 e. The van der Waals surface area contributed by atoms with Crippen molar-refractivity contribution in [2.45, 2.75) is 6.92 Å². The molecule has 5 nitrogen and oxygen atoms in total. The summed E-state index contributed by atoms with van der Waals surface area (Å²) in [5.41, 5.74) is 1.10. The first-order valence-corrected chi connectivity index (χ1v) is 5.25. The molecule has 0 bridgehead atoms. The van der Waals surface area contributed by atoms with E-state index in [2.05, 4.69) is 5.32 Å². The molecule has 1 aromatic rings. The van der Waals surface area contributed by atoms with Gasteiger partial charge in [0.15, 0.2) is 5.57 Å². The summed E-state index contributed by atoms with van der Waals surface area (Å²) in [6.07, 6.45) is 1.28. The SMILES string of the molecule is CCOC(=O)/C(C#N)=C/Nc1ccc(C#N)cc1. The predicted molar refractivity (Wildman–Crippen MR) is 65.1 cm³/mol. The van der Waals surface area contributed by atoms with E-state index in [9.17, 15) is 4.79 Å². The van der Waals surface area contributed by atoms with Gasteiger partial charge in [0, 0.05) is 11.9 Å². The highest BCUT2D eigenvalue weighted by atomic mass is 16.5. The Bertz CT molecular complexity index is 533. The van der Waals surface area contributed by atoms with Crippen molar-refractivity contribution in [1.82, 2.24) is 0 Å². The standard InChI is InChI=1S/C13H11N3O2/c1-2-18-13(17)11(8-15)9-16-12-5-3-10(7-14)4-6-12/h3-6,9,16H,2H2,1H3/b11-9+. The van der Waals surface area contributed by atoms with Crippen LogP contribution in [0.3, 0.4) is 0 Å². The molecular weight excluding hydrogens is 230 g/mol. The summed E-state index contributed by atoms with van der Waals surface area (Å²) in [7, 11) is 0. The molecule has 0 radical (unpaired) electrons. The fourth-order valence-electron chi connectivity index (χ4n) is 1.14. The van der Waals surface area contributed by atoms with Crippen LogP contribution in [0.2, 0.25) is 0 Å². The molecule has 0 amide bonds. The molecule has 18 heavy (non-hydrogen) atoms. The molecule has 0 spiro atoms. The van der Waals surface area contributed by atoms with Gasteiger partial charge in [-0.2, -0.15) is 10.5 Å². The average Bonchev–Trinajstić information content (AvgIpc) is 2.40. The molecule has 0 aliphatic rings. The van der Waals surface area contributed by atoms with Crippen LogP contribution in [0.15, 0.2) is 36.0 Å². The van der Waals surface area contributed by atoms with Crippen molar-refractivity contribution in [3.05, 3.63) is 41.6 Å². The van der Waals surface area contributed by atoms with Crippen LogP contribution in [0.5, 0.6) is 0 Å². The fraction of sp³-hybridized carbons (Fsp3) is 0.154. The van der Waals surface area contributed by atoms with E-state index in [1.807, 2.05) is 6.07 Å². The van der Waals surface area contributed by atoms with Gasteiger partial charge in [-0.25, -0.2) is 4.79 Å². The Morgan fingerprint density at radius 3 is 2.56 bits per heavy atom. The molecule has 5 heteroatoms. The zero-order valence-corrected chi connectivity index (χ0v) is 9.80. The summed E-state index contributed by atoms with van der Waals surface area (Å²) in [4.78, 5) is 11.3. The number of carbonyl (C=O) groups is 1. The van der Waals surface area contributed by atoms with Crippen LogP contribution >= 0.6 is 0 Å². The lowest BCUT2D eigenvalue weighted by Gasteiger charge is -2.02. The Labute approximate surface area is 105 Å². The molecule has 1 aromatic carbocycles. The van der Waals surface area contributed by atoms with E-state index in [1.165, 1.54) is 6.20 Å². The van der Waals surface area contributed by atoms with Crippen molar-refractivity contribution in [3.8, 4) is 12.1 Å². The van der Waals surface area contributed by atoms with Crippen molar-refractivity contribution >= 4 is 11.7 Å². The number of nitrogens with zero attached hydrogens (tertiary/aromatic N) is 2. The van der Waals surface area contributed by atoms with Crippen LogP contribution in [0, 0.1) is 22.7 Å². The highest BCUT2D eigenvalue weighted by molar-refractivity contribution is 5.93. The molecule has 0 heterocycles. The third-order valence-electron chi connectivity index (χ3n) is 2.01. The van der Waals surface area contributed by atoms with Gasteiger partial charge < -0.3 is 10.1 Å². The van der Waals surface area contributed by atoms with Crippen molar-refractivity contribution in [1.29, 1.82) is 10.5 Å². The average molecular weight is 241 g/mol. The lowest BCUT2D eigenvalue weighted by Crippen LogP contribution is -2.07. The third kappa shape index (κ3) is 3.66. The molecule has 90 valence electrons.